The second kappa shape index (κ2) is 11.4. The maximum atomic E-state index is 13.8. The van der Waals surface area contributed by atoms with Gasteiger partial charge in [0.1, 0.15) is 5.71 Å². The number of rotatable bonds is 6. The van der Waals surface area contributed by atoms with Crippen molar-refractivity contribution in [2.24, 2.45) is 5.10 Å². The number of alkyl halides is 6. The van der Waals surface area contributed by atoms with Gasteiger partial charge in [-0.2, -0.15) is 31.4 Å². The highest BCUT2D eigenvalue weighted by Crippen LogP contribution is 2.37. The van der Waals surface area contributed by atoms with E-state index >= 15 is 0 Å². The van der Waals surface area contributed by atoms with Gasteiger partial charge in [0.05, 0.1) is 28.1 Å². The number of para-hydroxylation sites is 1. The number of thiocarbonyl (C=S) groups is 1. The van der Waals surface area contributed by atoms with Crippen LogP contribution in [-0.2, 0) is 12.4 Å². The molecule has 0 saturated heterocycles. The number of H-pyrrole nitrogens is 1. The third-order valence-electron chi connectivity index (χ3n) is 5.67. The van der Waals surface area contributed by atoms with Gasteiger partial charge in [0, 0.05) is 17.7 Å². The molecule has 0 bridgehead atoms. The average molecular weight is 578 g/mol. The quantitative estimate of drug-likeness (QED) is 0.112. The molecule has 6 nitrogen and oxygen atoms in total. The summed E-state index contributed by atoms with van der Waals surface area (Å²) in [4.78, 5) is 13.8. The summed E-state index contributed by atoms with van der Waals surface area (Å²) in [6.45, 7) is 2.08. The third-order valence-corrected chi connectivity index (χ3v) is 5.91. The zero-order chi connectivity index (χ0) is 29.1. The molecule has 0 radical (unpaired) electrons. The molecule has 40 heavy (non-hydrogen) atoms. The van der Waals surface area contributed by atoms with Crippen molar-refractivity contribution < 1.29 is 26.3 Å². The minimum absolute atomic E-state index is 0.00923. The highest BCUT2D eigenvalue weighted by Gasteiger charge is 2.38. The van der Waals surface area contributed by atoms with E-state index in [1.165, 1.54) is 0 Å². The summed E-state index contributed by atoms with van der Waals surface area (Å²) in [5.74, 6) is 0. The first-order valence-corrected chi connectivity index (χ1v) is 12.2. The van der Waals surface area contributed by atoms with Crippen molar-refractivity contribution in [1.29, 1.82) is 0 Å². The number of aromatic amines is 1. The Morgan fingerprint density at radius 2 is 1.45 bits per heavy atom. The van der Waals surface area contributed by atoms with E-state index in [9.17, 15) is 31.1 Å². The number of nitrogens with zero attached hydrogens (tertiary/aromatic N) is 2. The number of aromatic nitrogens is 2. The Morgan fingerprint density at radius 3 is 1.98 bits per heavy atom. The molecule has 1 heterocycles. The molecule has 0 saturated carbocycles. The Hall–Kier alpha value is -4.39. The van der Waals surface area contributed by atoms with E-state index in [4.69, 9.17) is 12.2 Å². The summed E-state index contributed by atoms with van der Waals surface area (Å²) < 4.78 is 83.6. The minimum atomic E-state index is -5.11. The second-order valence-corrected chi connectivity index (χ2v) is 8.84. The fourth-order valence-electron chi connectivity index (χ4n) is 3.89. The predicted molar refractivity (Wildman–Crippen MR) is 143 cm³/mol. The molecule has 0 fully saturated rings. The fourth-order valence-corrected chi connectivity index (χ4v) is 4.08. The first-order valence-electron chi connectivity index (χ1n) is 11.8. The van der Waals surface area contributed by atoms with Gasteiger partial charge in [-0.25, -0.2) is 4.68 Å². The molecule has 0 aliphatic carbocycles. The van der Waals surface area contributed by atoms with Crippen molar-refractivity contribution in [3.63, 3.8) is 0 Å². The van der Waals surface area contributed by atoms with Gasteiger partial charge in [0.15, 0.2) is 5.11 Å². The highest BCUT2D eigenvalue weighted by atomic mass is 32.1. The van der Waals surface area contributed by atoms with Crippen molar-refractivity contribution in [3.8, 4) is 16.9 Å². The zero-order valence-corrected chi connectivity index (χ0v) is 21.5. The second-order valence-electron chi connectivity index (χ2n) is 8.43. The molecule has 0 aliphatic heterocycles. The number of nitrogens with one attached hydrogen (secondary N) is 3. The number of hydrogen-bond donors (Lipinski definition) is 3. The Kier molecular flexibility index (Phi) is 8.14. The lowest BCUT2D eigenvalue weighted by molar-refractivity contribution is -0.143. The first kappa shape index (κ1) is 28.6. The molecule has 4 rings (SSSR count). The number of halogens is 6. The lowest BCUT2D eigenvalue weighted by Crippen LogP contribution is -2.33. The molecule has 0 amide bonds. The molecular weight excluding hydrogens is 556 g/mol. The summed E-state index contributed by atoms with van der Waals surface area (Å²) >= 11 is 5.10. The van der Waals surface area contributed by atoms with E-state index in [0.29, 0.717) is 29.9 Å². The topological polar surface area (TPSA) is 74.2 Å². The van der Waals surface area contributed by atoms with E-state index in [0.717, 1.165) is 4.68 Å². The van der Waals surface area contributed by atoms with Crippen molar-refractivity contribution in [3.05, 3.63) is 111 Å². The molecule has 0 unspecified atom stereocenters. The maximum Gasteiger partial charge on any atom is 0.416 e. The van der Waals surface area contributed by atoms with Gasteiger partial charge in [-0.1, -0.05) is 48.5 Å². The normalized spacial score (nSPS) is 12.3. The zero-order valence-electron chi connectivity index (χ0n) is 20.7. The summed E-state index contributed by atoms with van der Waals surface area (Å²) in [5, 5.41) is 9.69. The molecule has 3 N–H and O–H groups in total. The smallest absolute Gasteiger partial charge is 0.362 e. The Labute approximate surface area is 229 Å². The van der Waals surface area contributed by atoms with Crippen LogP contribution in [0.25, 0.3) is 16.9 Å². The highest BCUT2D eigenvalue weighted by molar-refractivity contribution is 7.80. The van der Waals surface area contributed by atoms with Gasteiger partial charge >= 0.3 is 12.4 Å². The van der Waals surface area contributed by atoms with Crippen LogP contribution in [0.15, 0.2) is 88.8 Å². The largest absolute Gasteiger partial charge is 0.416 e. The summed E-state index contributed by atoms with van der Waals surface area (Å²) in [7, 11) is 0. The van der Waals surface area contributed by atoms with Crippen LogP contribution in [0.4, 0.5) is 26.3 Å². The minimum Gasteiger partial charge on any atom is -0.362 e. The van der Waals surface area contributed by atoms with E-state index < -0.39 is 40.3 Å². The van der Waals surface area contributed by atoms with Crippen molar-refractivity contribution in [1.82, 2.24) is 20.5 Å². The van der Waals surface area contributed by atoms with E-state index in [1.54, 1.807) is 67.6 Å². The molecule has 1 aromatic heterocycles. The Balaban J connectivity index is 2.07. The lowest BCUT2D eigenvalue weighted by atomic mass is 9.95. The summed E-state index contributed by atoms with van der Waals surface area (Å²) in [6.07, 6.45) is -10.2. The van der Waals surface area contributed by atoms with Gasteiger partial charge in [0.25, 0.3) is 5.56 Å². The van der Waals surface area contributed by atoms with Crippen LogP contribution in [0.1, 0.15) is 29.2 Å². The molecule has 0 aliphatic rings. The maximum absolute atomic E-state index is 13.8. The Morgan fingerprint density at radius 1 is 0.900 bits per heavy atom. The van der Waals surface area contributed by atoms with Crippen LogP contribution >= 0.6 is 12.2 Å². The summed E-state index contributed by atoms with van der Waals surface area (Å²) in [5.41, 5.74) is -1.84. The van der Waals surface area contributed by atoms with Crippen LogP contribution in [0.2, 0.25) is 0 Å². The lowest BCUT2D eigenvalue weighted by Gasteiger charge is -2.16. The molecule has 0 atom stereocenters. The average Bonchev–Trinajstić information content (AvgIpc) is 3.25. The van der Waals surface area contributed by atoms with Crippen LogP contribution < -0.4 is 16.3 Å². The monoisotopic (exact) mass is 577 g/mol. The van der Waals surface area contributed by atoms with Gasteiger partial charge in [0.2, 0.25) is 0 Å². The van der Waals surface area contributed by atoms with Gasteiger partial charge < -0.3 is 5.32 Å². The van der Waals surface area contributed by atoms with Gasteiger partial charge in [-0.05, 0) is 49.5 Å². The van der Waals surface area contributed by atoms with E-state index in [1.807, 2.05) is 0 Å². The number of hydrazone groups is 1. The van der Waals surface area contributed by atoms with E-state index in [-0.39, 0.29) is 22.4 Å². The van der Waals surface area contributed by atoms with Gasteiger partial charge in [-0.3, -0.25) is 15.3 Å². The van der Waals surface area contributed by atoms with E-state index in [2.05, 4.69) is 20.9 Å². The van der Waals surface area contributed by atoms with Crippen LogP contribution in [0, 0.1) is 0 Å². The first-order chi connectivity index (χ1) is 18.9. The number of benzene rings is 3. The van der Waals surface area contributed by atoms with Crippen LogP contribution in [-0.4, -0.2) is 27.1 Å². The number of hydrogen-bond acceptors (Lipinski definition) is 3. The van der Waals surface area contributed by atoms with Crippen molar-refractivity contribution >= 4 is 23.0 Å². The van der Waals surface area contributed by atoms with Crippen LogP contribution in [0.5, 0.6) is 0 Å². The molecule has 3 aromatic carbocycles. The van der Waals surface area contributed by atoms with Crippen LogP contribution in [0.3, 0.4) is 0 Å². The third kappa shape index (κ3) is 6.25. The molecule has 13 heteroatoms. The molecule has 0 spiro atoms. The van der Waals surface area contributed by atoms with Crippen molar-refractivity contribution in [2.45, 2.75) is 19.3 Å². The molecule has 208 valence electrons. The van der Waals surface area contributed by atoms with Gasteiger partial charge in [-0.15, -0.1) is 0 Å². The SMILES string of the molecule is CCNC(=S)N/N=C(\c1cc(C(F)(F)F)cc(C(F)(F)F)c1)c1c(-c2ccccc2)[nH]n(-c2ccccc2)c1=O. The Bertz CT molecular complexity index is 1560. The standard InChI is InChI=1S/C27H21F6N5OS/c1-2-34-25(40)36-35-22(17-13-18(26(28,29)30)15-19(14-17)27(31,32)33)21-23(16-9-5-3-6-10-16)37-38(24(21)39)20-11-7-4-8-12-20/h3-15,37H,2H2,1H3,(H2,34,36,40)/b35-22+. The predicted octanol–water partition coefficient (Wildman–Crippen LogP) is 6.11. The van der Waals surface area contributed by atoms with Crippen molar-refractivity contribution in [2.75, 3.05) is 6.54 Å². The fraction of sp³-hybridized carbons (Fsp3) is 0.148. The molecular formula is C27H21F6N5OS. The molecule has 4 aromatic rings. The summed E-state index contributed by atoms with van der Waals surface area (Å²) in [6, 6.07) is 17.6.